The van der Waals surface area contributed by atoms with Crippen LogP contribution in [0.1, 0.15) is 12.0 Å². The van der Waals surface area contributed by atoms with Crippen molar-refractivity contribution in [2.24, 2.45) is 0 Å². The predicted octanol–water partition coefficient (Wildman–Crippen LogP) is 1.63. The van der Waals surface area contributed by atoms with Crippen molar-refractivity contribution in [3.63, 3.8) is 0 Å². The average molecular weight is 488 g/mol. The van der Waals surface area contributed by atoms with E-state index in [1.165, 1.54) is 0 Å². The highest BCUT2D eigenvalue weighted by molar-refractivity contribution is 5.68. The summed E-state index contributed by atoms with van der Waals surface area (Å²) in [5.41, 5.74) is 3.04. The molecule has 0 amide bonds. The Morgan fingerprint density at radius 2 is 1.83 bits per heavy atom. The van der Waals surface area contributed by atoms with Gasteiger partial charge in [0.15, 0.2) is 0 Å². The maximum absolute atomic E-state index is 11.0. The van der Waals surface area contributed by atoms with E-state index in [2.05, 4.69) is 43.9 Å². The van der Waals surface area contributed by atoms with E-state index < -0.39 is 6.10 Å². The van der Waals surface area contributed by atoms with Crippen LogP contribution in [0.5, 0.6) is 0 Å². The smallest absolute Gasteiger partial charge is 0.232 e. The van der Waals surface area contributed by atoms with Crippen molar-refractivity contribution in [2.45, 2.75) is 19.1 Å². The first kappa shape index (κ1) is 26.1. The molecule has 3 heterocycles. The summed E-state index contributed by atoms with van der Waals surface area (Å²) in [6.45, 7) is 10.5. The minimum atomic E-state index is -0.442. The number of rotatable bonds is 12. The van der Waals surface area contributed by atoms with Crippen molar-refractivity contribution in [3.8, 4) is 11.3 Å². The average Bonchev–Trinajstić information content (AvgIpc) is 3.29. The van der Waals surface area contributed by atoms with E-state index in [4.69, 9.17) is 14.0 Å². The summed E-state index contributed by atoms with van der Waals surface area (Å²) in [6.07, 6.45) is 0.457. The molecule has 1 aromatic heterocycles. The Bertz CT molecular complexity index is 866. The van der Waals surface area contributed by atoms with Crippen LogP contribution in [0.4, 0.5) is 5.88 Å². The molecule has 4 rings (SSSR count). The van der Waals surface area contributed by atoms with Gasteiger partial charge in [0, 0.05) is 84.7 Å². The maximum Gasteiger partial charge on any atom is 0.232 e. The maximum atomic E-state index is 11.0. The number of morpholine rings is 1. The third kappa shape index (κ3) is 7.49. The molecule has 9 nitrogen and oxygen atoms in total. The number of β-amino-alcohol motifs (C(OH)–C–C–N with tert-alkyl or cyclic N) is 1. The van der Waals surface area contributed by atoms with E-state index in [9.17, 15) is 5.11 Å². The molecule has 35 heavy (non-hydrogen) atoms. The molecule has 1 N–H and O–H groups in total. The number of benzene rings is 1. The first-order valence-corrected chi connectivity index (χ1v) is 12.8. The van der Waals surface area contributed by atoms with Gasteiger partial charge < -0.3 is 28.9 Å². The molecule has 2 aromatic rings. The lowest BCUT2D eigenvalue weighted by atomic mass is 10.1. The van der Waals surface area contributed by atoms with Gasteiger partial charge in [0.1, 0.15) is 5.69 Å². The first-order valence-electron chi connectivity index (χ1n) is 12.8. The fourth-order valence-electron chi connectivity index (χ4n) is 4.85. The minimum absolute atomic E-state index is 0.442. The zero-order chi connectivity index (χ0) is 24.5. The molecule has 1 aromatic carbocycles. The fourth-order valence-corrected chi connectivity index (χ4v) is 4.85. The molecule has 0 bridgehead atoms. The van der Waals surface area contributed by atoms with E-state index in [1.54, 1.807) is 7.11 Å². The van der Waals surface area contributed by atoms with Crippen LogP contribution in [0.15, 0.2) is 34.9 Å². The highest BCUT2D eigenvalue weighted by Gasteiger charge is 2.27. The summed E-state index contributed by atoms with van der Waals surface area (Å²) in [5, 5.41) is 15.5. The SMILES string of the molecule is COCCCN(Cc1c(-c2ccccc2)noc1N1CCN(C)CC1)C[C@@H](O)CN1CCOCC1. The largest absolute Gasteiger partial charge is 0.390 e. The monoisotopic (exact) mass is 487 g/mol. The number of hydrogen-bond acceptors (Lipinski definition) is 9. The number of ether oxygens (including phenoxy) is 2. The number of nitrogens with zero attached hydrogens (tertiary/aromatic N) is 5. The van der Waals surface area contributed by atoms with Crippen LogP contribution >= 0.6 is 0 Å². The van der Waals surface area contributed by atoms with Crippen LogP contribution in [-0.2, 0) is 16.0 Å². The summed E-state index contributed by atoms with van der Waals surface area (Å²) >= 11 is 0. The second kappa shape index (κ2) is 13.3. The Morgan fingerprint density at radius 3 is 2.54 bits per heavy atom. The van der Waals surface area contributed by atoms with Crippen LogP contribution in [0.3, 0.4) is 0 Å². The topological polar surface area (TPSA) is 77.7 Å². The van der Waals surface area contributed by atoms with Gasteiger partial charge in [-0.3, -0.25) is 9.80 Å². The number of aliphatic hydroxyl groups excluding tert-OH is 1. The second-order valence-electron chi connectivity index (χ2n) is 9.62. The van der Waals surface area contributed by atoms with Crippen molar-refractivity contribution in [2.75, 3.05) is 97.8 Å². The number of aromatic nitrogens is 1. The van der Waals surface area contributed by atoms with Crippen molar-refractivity contribution in [1.29, 1.82) is 0 Å². The summed E-state index contributed by atoms with van der Waals surface area (Å²) in [4.78, 5) is 9.25. The lowest BCUT2D eigenvalue weighted by Crippen LogP contribution is -2.45. The molecular weight excluding hydrogens is 446 g/mol. The van der Waals surface area contributed by atoms with Crippen LogP contribution in [0.25, 0.3) is 11.3 Å². The van der Waals surface area contributed by atoms with Crippen LogP contribution in [0.2, 0.25) is 0 Å². The standard InChI is InChI=1S/C26H41N5O4/c1-28-10-12-31(13-11-28)26-24(25(27-35-26)22-7-4-3-5-8-22)21-30(9-6-16-33-2)20-23(32)19-29-14-17-34-18-15-29/h3-5,7-8,23,32H,6,9-21H2,1-2H3/t23-/m0/s1. The van der Waals surface area contributed by atoms with E-state index in [0.29, 0.717) is 26.2 Å². The van der Waals surface area contributed by atoms with Gasteiger partial charge in [-0.15, -0.1) is 0 Å². The van der Waals surface area contributed by atoms with Crippen molar-refractivity contribution < 1.29 is 19.1 Å². The molecule has 194 valence electrons. The lowest BCUT2D eigenvalue weighted by molar-refractivity contribution is 0.00570. The van der Waals surface area contributed by atoms with Crippen molar-refractivity contribution >= 4 is 5.88 Å². The molecule has 0 aliphatic carbocycles. The third-order valence-corrected chi connectivity index (χ3v) is 6.85. The quantitative estimate of drug-likeness (QED) is 0.450. The molecule has 0 spiro atoms. The Kier molecular flexibility index (Phi) is 9.93. The fraction of sp³-hybridized carbons (Fsp3) is 0.654. The van der Waals surface area contributed by atoms with Gasteiger partial charge in [0.05, 0.1) is 24.9 Å². The van der Waals surface area contributed by atoms with Gasteiger partial charge in [-0.1, -0.05) is 35.5 Å². The number of piperazine rings is 1. The Hall–Kier alpha value is -2.01. The number of anilines is 1. The van der Waals surface area contributed by atoms with Crippen molar-refractivity contribution in [3.05, 3.63) is 35.9 Å². The van der Waals surface area contributed by atoms with Crippen molar-refractivity contribution in [1.82, 2.24) is 19.9 Å². The molecule has 0 unspecified atom stereocenters. The predicted molar refractivity (Wildman–Crippen MR) is 137 cm³/mol. The molecule has 2 aliphatic rings. The van der Waals surface area contributed by atoms with Gasteiger partial charge in [0.25, 0.3) is 0 Å². The Labute approximate surface area is 209 Å². The third-order valence-electron chi connectivity index (χ3n) is 6.85. The molecule has 1 atom stereocenters. The van der Waals surface area contributed by atoms with Gasteiger partial charge in [-0.2, -0.15) is 0 Å². The zero-order valence-electron chi connectivity index (χ0n) is 21.3. The highest BCUT2D eigenvalue weighted by Crippen LogP contribution is 2.33. The molecule has 2 fully saturated rings. The molecular formula is C26H41N5O4. The van der Waals surface area contributed by atoms with E-state index in [0.717, 1.165) is 88.2 Å². The number of hydrogen-bond donors (Lipinski definition) is 1. The molecule has 2 saturated heterocycles. The second-order valence-corrected chi connectivity index (χ2v) is 9.62. The number of aliphatic hydroxyl groups is 1. The van der Waals surface area contributed by atoms with E-state index >= 15 is 0 Å². The zero-order valence-corrected chi connectivity index (χ0v) is 21.3. The summed E-state index contributed by atoms with van der Waals surface area (Å²) in [7, 11) is 3.89. The van der Waals surface area contributed by atoms with Crippen LogP contribution in [0, 0.1) is 0 Å². The molecule has 0 saturated carbocycles. The van der Waals surface area contributed by atoms with Crippen LogP contribution < -0.4 is 4.90 Å². The Morgan fingerprint density at radius 1 is 1.09 bits per heavy atom. The van der Waals surface area contributed by atoms with Gasteiger partial charge in [-0.25, -0.2) is 0 Å². The highest BCUT2D eigenvalue weighted by atomic mass is 16.5. The van der Waals surface area contributed by atoms with E-state index in [1.807, 2.05) is 18.2 Å². The summed E-state index contributed by atoms with van der Waals surface area (Å²) < 4.78 is 16.8. The first-order chi connectivity index (χ1) is 17.1. The normalized spacial score (nSPS) is 18.9. The minimum Gasteiger partial charge on any atom is -0.390 e. The Balaban J connectivity index is 1.54. The number of methoxy groups -OCH3 is 1. The molecule has 9 heteroatoms. The van der Waals surface area contributed by atoms with Gasteiger partial charge >= 0.3 is 0 Å². The molecule has 2 aliphatic heterocycles. The number of likely N-dealkylation sites (N-methyl/N-ethyl adjacent to an activating group) is 1. The summed E-state index contributed by atoms with van der Waals surface area (Å²) in [5.74, 6) is 0.858. The molecule has 0 radical (unpaired) electrons. The van der Waals surface area contributed by atoms with Crippen LogP contribution in [-0.4, -0.2) is 124 Å². The van der Waals surface area contributed by atoms with E-state index in [-0.39, 0.29) is 0 Å². The van der Waals surface area contributed by atoms with Gasteiger partial charge in [-0.05, 0) is 13.5 Å². The lowest BCUT2D eigenvalue weighted by Gasteiger charge is -2.33. The summed E-state index contributed by atoms with van der Waals surface area (Å²) in [6, 6.07) is 10.2. The van der Waals surface area contributed by atoms with Gasteiger partial charge in [0.2, 0.25) is 5.88 Å².